The molecule has 0 heterocycles. The van der Waals surface area contributed by atoms with Crippen LogP contribution in [0, 0.1) is 67.0 Å². The van der Waals surface area contributed by atoms with Gasteiger partial charge in [-0.15, -0.1) is 0 Å². The van der Waals surface area contributed by atoms with Crippen LogP contribution in [-0.2, 0) is 39.3 Å². The fourth-order valence-corrected chi connectivity index (χ4v) is 26.5. The van der Waals surface area contributed by atoms with Gasteiger partial charge >= 0.3 is 0 Å². The Hall–Kier alpha value is -0.360. The van der Waals surface area contributed by atoms with Crippen LogP contribution >= 0.6 is 0 Å². The van der Waals surface area contributed by atoms with Crippen molar-refractivity contribution < 1.29 is 54.1 Å². The summed E-state index contributed by atoms with van der Waals surface area (Å²) in [6.07, 6.45) is 7.34. The smallest absolute Gasteiger partial charge is 0.156 e. The molecule has 0 aromatic carbocycles. The lowest BCUT2D eigenvalue weighted by molar-refractivity contribution is 0.0138. The molecular weight excluding hydrogens is 945 g/mol. The molecule has 8 aliphatic carbocycles. The van der Waals surface area contributed by atoms with E-state index >= 15 is 0 Å². The third-order valence-electron chi connectivity index (χ3n) is 22.5. The van der Waals surface area contributed by atoms with E-state index in [0.29, 0.717) is 25.7 Å². The molecule has 0 amide bonds. The minimum Gasteiger partial charge on any atom is -0.391 e. The number of hydrogen-bond acceptors (Lipinski definition) is 12. The van der Waals surface area contributed by atoms with Gasteiger partial charge in [-0.1, -0.05) is 111 Å². The van der Waals surface area contributed by atoms with Gasteiger partial charge in [0.15, 0.2) is 39.3 Å². The van der Waals surface area contributed by atoms with Gasteiger partial charge in [-0.2, -0.15) is 0 Å². The van der Waals surface area contributed by atoms with Gasteiger partial charge in [0.2, 0.25) is 0 Å². The summed E-state index contributed by atoms with van der Waals surface area (Å²) in [6, 6.07) is 0. The lowest BCUT2D eigenvalue weighted by atomic mass is 9.70. The van der Waals surface area contributed by atoms with Crippen LogP contribution < -0.4 is 0 Å². The molecule has 0 spiro atoms. The fraction of sp³-hybridized carbons (Fsp3) is 1.00. The average Bonchev–Trinajstić information content (AvgIpc) is 3.92. The van der Waals surface area contributed by atoms with E-state index in [-0.39, 0.29) is 90.0 Å². The number of hydrogen-bond donors (Lipinski definition) is 4. The standard InChI is InChI=1S/4C13H24O3S/c4*1-5-8-17(15,16)10-9-6-7-13(4,11(10)14)12(9,2)3/h4*9-11,14H,5-8H2,1-4H3/t4*9-,10-,11-,13+/m1111/s1. The first-order valence-electron chi connectivity index (χ1n) is 26.3. The molecule has 0 radical (unpaired) electrons. The second-order valence-electron chi connectivity index (χ2n) is 26.2. The predicted molar refractivity (Wildman–Crippen MR) is 274 cm³/mol. The molecule has 0 aromatic rings. The predicted octanol–water partition coefficient (Wildman–Crippen LogP) is 7.99. The zero-order chi connectivity index (χ0) is 52.2. The topological polar surface area (TPSA) is 217 Å². The first-order valence-corrected chi connectivity index (χ1v) is 33.2. The Balaban J connectivity index is 0.000000169. The van der Waals surface area contributed by atoms with Crippen molar-refractivity contribution in [1.29, 1.82) is 0 Å². The minimum absolute atomic E-state index is 0.0715. The van der Waals surface area contributed by atoms with E-state index in [0.717, 1.165) is 51.4 Å². The number of sulfone groups is 4. The van der Waals surface area contributed by atoms with Gasteiger partial charge in [0.05, 0.1) is 68.4 Å². The van der Waals surface area contributed by atoms with Gasteiger partial charge in [0, 0.05) is 21.7 Å². The van der Waals surface area contributed by atoms with Crippen molar-refractivity contribution in [2.75, 3.05) is 23.0 Å². The van der Waals surface area contributed by atoms with Crippen molar-refractivity contribution in [3.05, 3.63) is 0 Å². The van der Waals surface area contributed by atoms with Crippen LogP contribution in [-0.4, -0.2) is 123 Å². The first-order chi connectivity index (χ1) is 30.7. The zero-order valence-corrected chi connectivity index (χ0v) is 48.2. The second kappa shape index (κ2) is 18.8. The summed E-state index contributed by atoms with van der Waals surface area (Å²) >= 11 is 0. The molecule has 8 bridgehead atoms. The molecule has 4 N–H and O–H groups in total. The normalized spacial score (nSPS) is 44.2. The molecule has 8 fully saturated rings. The van der Waals surface area contributed by atoms with Gasteiger partial charge in [0.25, 0.3) is 0 Å². The number of aliphatic hydroxyl groups is 4. The van der Waals surface area contributed by atoms with Gasteiger partial charge in [-0.05, 0) is 122 Å². The van der Waals surface area contributed by atoms with E-state index in [4.69, 9.17) is 0 Å². The van der Waals surface area contributed by atoms with Crippen LogP contribution in [0.15, 0.2) is 0 Å². The van der Waals surface area contributed by atoms with Crippen LogP contribution in [0.1, 0.15) is 188 Å². The van der Waals surface area contributed by atoms with E-state index in [1.807, 2.05) is 27.7 Å². The van der Waals surface area contributed by atoms with E-state index < -0.39 is 84.8 Å². The highest BCUT2D eigenvalue weighted by atomic mass is 32.2. The van der Waals surface area contributed by atoms with Crippen molar-refractivity contribution in [3.63, 3.8) is 0 Å². The lowest BCUT2D eigenvalue weighted by Gasteiger charge is -2.37. The molecule has 400 valence electrons. The summed E-state index contributed by atoms with van der Waals surface area (Å²) in [5.41, 5.74) is -1.22. The molecule has 0 aliphatic heterocycles. The molecule has 68 heavy (non-hydrogen) atoms. The molecule has 0 saturated heterocycles. The van der Waals surface area contributed by atoms with E-state index in [1.165, 1.54) is 0 Å². The minimum atomic E-state index is -3.15. The maximum absolute atomic E-state index is 12.3. The van der Waals surface area contributed by atoms with Crippen molar-refractivity contribution in [2.24, 2.45) is 67.0 Å². The summed E-state index contributed by atoms with van der Waals surface area (Å²) in [7, 11) is -12.6. The molecule has 8 aliphatic rings. The Morgan fingerprint density at radius 2 is 0.471 bits per heavy atom. The second-order valence-corrected chi connectivity index (χ2v) is 35.4. The Morgan fingerprint density at radius 1 is 0.324 bits per heavy atom. The molecule has 0 unspecified atom stereocenters. The Kier molecular flexibility index (Phi) is 16.2. The lowest BCUT2D eigenvalue weighted by Crippen LogP contribution is -2.44. The van der Waals surface area contributed by atoms with Gasteiger partial charge in [-0.3, -0.25) is 0 Å². The highest BCUT2D eigenvalue weighted by Crippen LogP contribution is 2.70. The molecule has 8 saturated carbocycles. The van der Waals surface area contributed by atoms with E-state index in [9.17, 15) is 54.1 Å². The van der Waals surface area contributed by atoms with Crippen LogP contribution in [0.4, 0.5) is 0 Å². The zero-order valence-electron chi connectivity index (χ0n) is 44.9. The highest BCUT2D eigenvalue weighted by molar-refractivity contribution is 7.93. The van der Waals surface area contributed by atoms with Crippen molar-refractivity contribution in [1.82, 2.24) is 0 Å². The largest absolute Gasteiger partial charge is 0.391 e. The third kappa shape index (κ3) is 8.50. The van der Waals surface area contributed by atoms with Crippen LogP contribution in [0.25, 0.3) is 0 Å². The Labute approximate surface area is 414 Å². The van der Waals surface area contributed by atoms with E-state index in [1.54, 1.807) is 0 Å². The number of fused-ring (bicyclic) bond motifs is 8. The Morgan fingerprint density at radius 3 is 0.574 bits per heavy atom. The molecule has 16 atom stereocenters. The fourth-order valence-electron chi connectivity index (χ4n) is 16.5. The van der Waals surface area contributed by atoms with Gasteiger partial charge in [-0.25, -0.2) is 33.7 Å². The Bertz CT molecular complexity index is 1970. The number of aliphatic hydroxyl groups excluding tert-OH is 4. The van der Waals surface area contributed by atoms with Crippen LogP contribution in [0.5, 0.6) is 0 Å². The molecule has 16 heteroatoms. The molecule has 8 rings (SSSR count). The number of rotatable bonds is 12. The van der Waals surface area contributed by atoms with Crippen molar-refractivity contribution in [2.45, 2.75) is 233 Å². The van der Waals surface area contributed by atoms with Gasteiger partial charge in [0.1, 0.15) is 0 Å². The summed E-state index contributed by atoms with van der Waals surface area (Å²) in [5.74, 6) is 1.32. The highest BCUT2D eigenvalue weighted by Gasteiger charge is 2.72. The quantitative estimate of drug-likeness (QED) is 0.146. The molecular formula is C52H96O12S4. The summed E-state index contributed by atoms with van der Waals surface area (Å²) < 4.78 is 98.4. The van der Waals surface area contributed by atoms with Crippen LogP contribution in [0.2, 0.25) is 0 Å². The maximum Gasteiger partial charge on any atom is 0.156 e. The average molecular weight is 1040 g/mol. The monoisotopic (exact) mass is 1040 g/mol. The maximum atomic E-state index is 12.3. The van der Waals surface area contributed by atoms with Crippen LogP contribution in [0.3, 0.4) is 0 Å². The first kappa shape index (κ1) is 58.5. The molecule has 12 nitrogen and oxygen atoms in total. The SMILES string of the molecule is CCCS(=O)(=O)[C@@H]1[C@H]2CC[C@@](C)([C@@H]1O)C2(C)C.CCCS(=O)(=O)[C@@H]1[C@H]2CC[C@@](C)([C@@H]1O)C2(C)C.CCCS(=O)(=O)[C@@H]1[C@H]2CC[C@@](C)([C@@H]1O)C2(C)C.CCCS(=O)(=O)[C@@H]1[C@H]2CC[C@@](C)([C@@H]1O)C2(C)C. The van der Waals surface area contributed by atoms with Crippen molar-refractivity contribution in [3.8, 4) is 0 Å². The van der Waals surface area contributed by atoms with E-state index in [2.05, 4.69) is 83.1 Å². The van der Waals surface area contributed by atoms with Crippen molar-refractivity contribution >= 4 is 39.3 Å². The molecule has 0 aromatic heterocycles. The third-order valence-corrected chi connectivity index (χ3v) is 32.1. The summed E-state index contributed by atoms with van der Waals surface area (Å²) in [4.78, 5) is 0. The summed E-state index contributed by atoms with van der Waals surface area (Å²) in [6.45, 7) is 32.7. The summed E-state index contributed by atoms with van der Waals surface area (Å²) in [5, 5.41) is 39.7. The van der Waals surface area contributed by atoms with Gasteiger partial charge < -0.3 is 20.4 Å².